The van der Waals surface area contributed by atoms with E-state index in [0.29, 0.717) is 18.0 Å². The van der Waals surface area contributed by atoms with Crippen molar-refractivity contribution in [1.82, 2.24) is 10.2 Å². The fourth-order valence-electron chi connectivity index (χ4n) is 2.53. The Hall–Kier alpha value is -0.770. The molecule has 0 aromatic carbocycles. The predicted octanol–water partition coefficient (Wildman–Crippen LogP) is 0.435. The van der Waals surface area contributed by atoms with Crippen LogP contribution in [-0.2, 0) is 4.74 Å². The molecule has 74 valence electrons. The van der Waals surface area contributed by atoms with E-state index in [1.54, 1.807) is 0 Å². The summed E-state index contributed by atoms with van der Waals surface area (Å²) in [4.78, 5) is 13.2. The van der Waals surface area contributed by atoms with Crippen LogP contribution in [0, 0.1) is 5.92 Å². The van der Waals surface area contributed by atoms with Crippen molar-refractivity contribution in [1.29, 1.82) is 0 Å². The molecule has 2 aliphatic rings. The monoisotopic (exact) mass is 184 g/mol. The number of hydrogen-bond donors (Lipinski definition) is 1. The molecule has 3 unspecified atom stereocenters. The van der Waals surface area contributed by atoms with Gasteiger partial charge in [0.1, 0.15) is 0 Å². The fourth-order valence-corrected chi connectivity index (χ4v) is 2.53. The number of methoxy groups -OCH3 is 1. The number of nitrogens with zero attached hydrogens (tertiary/aromatic N) is 1. The van der Waals surface area contributed by atoms with Crippen LogP contribution in [0.5, 0.6) is 0 Å². The molecular weight excluding hydrogens is 168 g/mol. The van der Waals surface area contributed by atoms with Crippen LogP contribution < -0.4 is 5.32 Å². The minimum atomic E-state index is -0.191. The van der Waals surface area contributed by atoms with Crippen LogP contribution >= 0.6 is 0 Å². The molecule has 0 aromatic rings. The van der Waals surface area contributed by atoms with Crippen molar-refractivity contribution in [3.8, 4) is 0 Å². The van der Waals surface area contributed by atoms with Gasteiger partial charge in [0.15, 0.2) is 0 Å². The minimum absolute atomic E-state index is 0.191. The van der Waals surface area contributed by atoms with Gasteiger partial charge in [0, 0.05) is 18.6 Å². The van der Waals surface area contributed by atoms with Crippen LogP contribution in [0.15, 0.2) is 0 Å². The Morgan fingerprint density at radius 2 is 2.38 bits per heavy atom. The van der Waals surface area contributed by atoms with Gasteiger partial charge in [0.2, 0.25) is 0 Å². The third kappa shape index (κ3) is 1.29. The molecule has 0 bridgehead atoms. The van der Waals surface area contributed by atoms with Crippen molar-refractivity contribution in [2.75, 3.05) is 20.2 Å². The summed E-state index contributed by atoms with van der Waals surface area (Å²) in [7, 11) is 1.44. The van der Waals surface area contributed by atoms with E-state index in [1.807, 2.05) is 4.90 Å². The molecule has 1 N–H and O–H groups in total. The molecule has 0 spiro atoms. The number of amides is 1. The van der Waals surface area contributed by atoms with Gasteiger partial charge in [-0.15, -0.1) is 0 Å². The molecule has 2 saturated heterocycles. The zero-order chi connectivity index (χ0) is 9.42. The maximum Gasteiger partial charge on any atom is 0.409 e. The summed E-state index contributed by atoms with van der Waals surface area (Å²) in [6, 6.07) is 0.821. The van der Waals surface area contributed by atoms with E-state index in [-0.39, 0.29) is 6.09 Å². The number of hydrogen-bond acceptors (Lipinski definition) is 3. The van der Waals surface area contributed by atoms with Gasteiger partial charge < -0.3 is 15.0 Å². The summed E-state index contributed by atoms with van der Waals surface area (Å²) < 4.78 is 4.73. The van der Waals surface area contributed by atoms with Gasteiger partial charge in [-0.05, 0) is 25.8 Å². The van der Waals surface area contributed by atoms with Crippen molar-refractivity contribution in [2.45, 2.75) is 25.4 Å². The van der Waals surface area contributed by atoms with E-state index in [0.717, 1.165) is 13.1 Å². The average molecular weight is 184 g/mol. The highest BCUT2D eigenvalue weighted by molar-refractivity contribution is 5.68. The predicted molar refractivity (Wildman–Crippen MR) is 48.5 cm³/mol. The van der Waals surface area contributed by atoms with Gasteiger partial charge in [0.05, 0.1) is 7.11 Å². The first-order chi connectivity index (χ1) is 6.24. The Labute approximate surface area is 78.2 Å². The first-order valence-electron chi connectivity index (χ1n) is 4.82. The van der Waals surface area contributed by atoms with E-state index in [4.69, 9.17) is 4.74 Å². The maximum absolute atomic E-state index is 11.3. The summed E-state index contributed by atoms with van der Waals surface area (Å²) in [5, 5.41) is 3.41. The number of ether oxygens (including phenoxy) is 1. The standard InChI is InChI=1S/C9H16N2O2/c1-6-7-3-4-10-8(7)5-11(6)9(12)13-2/h6-8,10H,3-5H2,1-2H3. The van der Waals surface area contributed by atoms with E-state index in [9.17, 15) is 4.79 Å². The molecule has 0 aliphatic carbocycles. The second kappa shape index (κ2) is 3.18. The Morgan fingerprint density at radius 1 is 1.62 bits per heavy atom. The normalized spacial score (nSPS) is 37.7. The topological polar surface area (TPSA) is 41.6 Å². The highest BCUT2D eigenvalue weighted by Gasteiger charge is 2.43. The van der Waals surface area contributed by atoms with Gasteiger partial charge in [-0.3, -0.25) is 0 Å². The quantitative estimate of drug-likeness (QED) is 0.593. The number of carbonyl (C=O) groups is 1. The van der Waals surface area contributed by atoms with Crippen LogP contribution in [0.4, 0.5) is 4.79 Å². The molecule has 0 radical (unpaired) electrons. The summed E-state index contributed by atoms with van der Waals surface area (Å²) in [6.45, 7) is 4.00. The molecule has 0 saturated carbocycles. The van der Waals surface area contributed by atoms with Crippen molar-refractivity contribution >= 4 is 6.09 Å². The van der Waals surface area contributed by atoms with Crippen molar-refractivity contribution in [3.63, 3.8) is 0 Å². The lowest BCUT2D eigenvalue weighted by atomic mass is 9.98. The molecule has 13 heavy (non-hydrogen) atoms. The highest BCUT2D eigenvalue weighted by Crippen LogP contribution is 2.30. The number of likely N-dealkylation sites (tertiary alicyclic amines) is 1. The molecule has 3 atom stereocenters. The number of fused-ring (bicyclic) bond motifs is 1. The molecule has 2 fully saturated rings. The van der Waals surface area contributed by atoms with Gasteiger partial charge in [0.25, 0.3) is 0 Å². The van der Waals surface area contributed by atoms with E-state index in [1.165, 1.54) is 13.5 Å². The summed E-state index contributed by atoms with van der Waals surface area (Å²) in [5.41, 5.74) is 0. The lowest BCUT2D eigenvalue weighted by Gasteiger charge is -2.22. The van der Waals surface area contributed by atoms with Crippen LogP contribution in [0.25, 0.3) is 0 Å². The lowest BCUT2D eigenvalue weighted by Crippen LogP contribution is -2.37. The molecular formula is C9H16N2O2. The zero-order valence-electron chi connectivity index (χ0n) is 8.12. The highest BCUT2D eigenvalue weighted by atomic mass is 16.5. The molecule has 4 nitrogen and oxygen atoms in total. The molecule has 0 aromatic heterocycles. The number of nitrogens with one attached hydrogen (secondary N) is 1. The summed E-state index contributed by atoms with van der Waals surface area (Å²) >= 11 is 0. The molecule has 2 aliphatic heterocycles. The third-order valence-corrected chi connectivity index (χ3v) is 3.31. The van der Waals surface area contributed by atoms with Crippen molar-refractivity contribution < 1.29 is 9.53 Å². The second-order valence-corrected chi connectivity index (χ2v) is 3.88. The number of carbonyl (C=O) groups excluding carboxylic acids is 1. The summed E-state index contributed by atoms with van der Waals surface area (Å²) in [5.74, 6) is 0.624. The van der Waals surface area contributed by atoms with Crippen molar-refractivity contribution in [3.05, 3.63) is 0 Å². The molecule has 2 rings (SSSR count). The van der Waals surface area contributed by atoms with Gasteiger partial charge >= 0.3 is 6.09 Å². The van der Waals surface area contributed by atoms with Crippen LogP contribution in [0.2, 0.25) is 0 Å². The molecule has 4 heteroatoms. The first kappa shape index (κ1) is 8.81. The Bertz CT molecular complexity index is 220. The summed E-state index contributed by atoms with van der Waals surface area (Å²) in [6.07, 6.45) is 0.989. The van der Waals surface area contributed by atoms with Gasteiger partial charge in [-0.1, -0.05) is 0 Å². The zero-order valence-corrected chi connectivity index (χ0v) is 8.12. The Morgan fingerprint density at radius 3 is 3.00 bits per heavy atom. The van der Waals surface area contributed by atoms with E-state index >= 15 is 0 Å². The minimum Gasteiger partial charge on any atom is -0.453 e. The average Bonchev–Trinajstić information content (AvgIpc) is 2.68. The van der Waals surface area contributed by atoms with E-state index < -0.39 is 0 Å². The van der Waals surface area contributed by atoms with Crippen LogP contribution in [0.1, 0.15) is 13.3 Å². The van der Waals surface area contributed by atoms with Crippen molar-refractivity contribution in [2.24, 2.45) is 5.92 Å². The second-order valence-electron chi connectivity index (χ2n) is 3.88. The van der Waals surface area contributed by atoms with Crippen LogP contribution in [0.3, 0.4) is 0 Å². The largest absolute Gasteiger partial charge is 0.453 e. The van der Waals surface area contributed by atoms with Crippen LogP contribution in [-0.4, -0.2) is 43.3 Å². The van der Waals surface area contributed by atoms with Gasteiger partial charge in [-0.2, -0.15) is 0 Å². The third-order valence-electron chi connectivity index (χ3n) is 3.31. The lowest BCUT2D eigenvalue weighted by molar-refractivity contribution is 0.116. The Kier molecular flexibility index (Phi) is 2.15. The number of rotatable bonds is 0. The fraction of sp³-hybridized carbons (Fsp3) is 0.889. The Balaban J connectivity index is 2.06. The molecule has 2 heterocycles. The van der Waals surface area contributed by atoms with Gasteiger partial charge in [-0.25, -0.2) is 4.79 Å². The smallest absolute Gasteiger partial charge is 0.409 e. The SMILES string of the molecule is COC(=O)N1CC2NCCC2C1C. The molecule has 1 amide bonds. The first-order valence-corrected chi connectivity index (χ1v) is 4.82. The maximum atomic E-state index is 11.3. The van der Waals surface area contributed by atoms with E-state index in [2.05, 4.69) is 12.2 Å².